The average molecular weight is 219 g/mol. The highest BCUT2D eigenvalue weighted by molar-refractivity contribution is 7.16. The van der Waals surface area contributed by atoms with Gasteiger partial charge in [-0.15, -0.1) is 23.7 Å². The first kappa shape index (κ1) is 10.5. The minimum absolute atomic E-state index is 0. The van der Waals surface area contributed by atoms with Gasteiger partial charge in [-0.3, -0.25) is 0 Å². The standard InChI is InChI=1S/C5H5Cl2NS.ClH/c6-3-1-5(7)9-4(3)2-8;/h1H,2,8H2;1H. The van der Waals surface area contributed by atoms with Crippen molar-refractivity contribution in [3.05, 3.63) is 20.3 Å². The van der Waals surface area contributed by atoms with E-state index in [-0.39, 0.29) is 12.4 Å². The Kier molecular flexibility index (Phi) is 4.65. The molecule has 0 aliphatic carbocycles. The molecule has 0 radical (unpaired) electrons. The maximum Gasteiger partial charge on any atom is 0.0947 e. The van der Waals surface area contributed by atoms with Crippen LogP contribution in [0.3, 0.4) is 0 Å². The maximum atomic E-state index is 5.69. The Labute approximate surface area is 79.5 Å². The minimum Gasteiger partial charge on any atom is -0.326 e. The second-order valence-corrected chi connectivity index (χ2v) is 3.70. The Morgan fingerprint density at radius 1 is 1.50 bits per heavy atom. The molecule has 58 valence electrons. The van der Waals surface area contributed by atoms with Crippen molar-refractivity contribution in [1.29, 1.82) is 0 Å². The molecule has 0 atom stereocenters. The molecule has 10 heavy (non-hydrogen) atoms. The molecule has 1 nitrogen and oxygen atoms in total. The topological polar surface area (TPSA) is 26.0 Å². The van der Waals surface area contributed by atoms with Crippen molar-refractivity contribution in [2.45, 2.75) is 6.54 Å². The number of thiophene rings is 1. The molecule has 0 saturated heterocycles. The van der Waals surface area contributed by atoms with E-state index in [1.165, 1.54) is 11.3 Å². The molecule has 0 amide bonds. The van der Waals surface area contributed by atoms with Crippen LogP contribution in [-0.2, 0) is 6.54 Å². The molecular formula is C5H6Cl3NS. The normalized spacial score (nSPS) is 9.10. The average Bonchev–Trinajstić information content (AvgIpc) is 2.10. The van der Waals surface area contributed by atoms with Gasteiger partial charge in [0.15, 0.2) is 0 Å². The highest BCUT2D eigenvalue weighted by Crippen LogP contribution is 2.29. The van der Waals surface area contributed by atoms with E-state index in [2.05, 4.69) is 0 Å². The Morgan fingerprint density at radius 2 is 2.10 bits per heavy atom. The molecule has 0 aromatic carbocycles. The molecule has 5 heteroatoms. The molecular weight excluding hydrogens is 212 g/mol. The summed E-state index contributed by atoms with van der Waals surface area (Å²) in [6.07, 6.45) is 0. The van der Waals surface area contributed by atoms with Gasteiger partial charge in [0.2, 0.25) is 0 Å². The van der Waals surface area contributed by atoms with Gasteiger partial charge in [0, 0.05) is 11.4 Å². The Balaban J connectivity index is 0.000000810. The molecule has 0 aliphatic heterocycles. The maximum absolute atomic E-state index is 5.69. The van der Waals surface area contributed by atoms with Gasteiger partial charge in [0.25, 0.3) is 0 Å². The van der Waals surface area contributed by atoms with Gasteiger partial charge in [-0.05, 0) is 6.07 Å². The quantitative estimate of drug-likeness (QED) is 0.771. The number of halogens is 3. The van der Waals surface area contributed by atoms with Crippen molar-refractivity contribution in [1.82, 2.24) is 0 Å². The monoisotopic (exact) mass is 217 g/mol. The van der Waals surface area contributed by atoms with E-state index in [1.807, 2.05) is 0 Å². The van der Waals surface area contributed by atoms with Gasteiger partial charge in [-0.1, -0.05) is 23.2 Å². The first-order valence-corrected chi connectivity index (χ1v) is 3.95. The van der Waals surface area contributed by atoms with Crippen LogP contribution in [0.1, 0.15) is 4.88 Å². The Hall–Kier alpha value is 0.530. The van der Waals surface area contributed by atoms with Crippen LogP contribution >= 0.6 is 46.9 Å². The van der Waals surface area contributed by atoms with Gasteiger partial charge in [0.1, 0.15) is 0 Å². The predicted octanol–water partition coefficient (Wildman–Crippen LogP) is 2.94. The second kappa shape index (κ2) is 4.42. The number of rotatable bonds is 1. The van der Waals surface area contributed by atoms with Gasteiger partial charge in [-0.25, -0.2) is 0 Å². The summed E-state index contributed by atoms with van der Waals surface area (Å²) in [4.78, 5) is 0.946. The molecule has 1 heterocycles. The molecule has 0 saturated carbocycles. The first-order valence-electron chi connectivity index (χ1n) is 2.38. The van der Waals surface area contributed by atoms with Crippen LogP contribution in [0.2, 0.25) is 9.36 Å². The zero-order valence-corrected chi connectivity index (χ0v) is 8.08. The summed E-state index contributed by atoms with van der Waals surface area (Å²) in [6, 6.07) is 1.70. The molecule has 1 aromatic rings. The minimum atomic E-state index is 0. The summed E-state index contributed by atoms with van der Waals surface area (Å²) in [5, 5.41) is 0.674. The molecule has 0 aliphatic rings. The summed E-state index contributed by atoms with van der Waals surface area (Å²) >= 11 is 12.7. The summed E-state index contributed by atoms with van der Waals surface area (Å²) in [7, 11) is 0. The van der Waals surface area contributed by atoms with Crippen LogP contribution in [0.25, 0.3) is 0 Å². The lowest BCUT2D eigenvalue weighted by Crippen LogP contribution is -1.92. The zero-order valence-electron chi connectivity index (χ0n) is 4.93. The lowest BCUT2D eigenvalue weighted by molar-refractivity contribution is 1.11. The van der Waals surface area contributed by atoms with Crippen LogP contribution in [0.4, 0.5) is 0 Å². The molecule has 0 fully saturated rings. The van der Waals surface area contributed by atoms with Crippen molar-refractivity contribution >= 4 is 46.9 Å². The summed E-state index contributed by atoms with van der Waals surface area (Å²) in [6.45, 7) is 0.468. The van der Waals surface area contributed by atoms with Crippen LogP contribution < -0.4 is 5.73 Å². The number of hydrogen-bond acceptors (Lipinski definition) is 2. The fourth-order valence-corrected chi connectivity index (χ4v) is 1.98. The second-order valence-electron chi connectivity index (χ2n) is 1.53. The fraction of sp³-hybridized carbons (Fsp3) is 0.200. The summed E-state index contributed by atoms with van der Waals surface area (Å²) in [5.74, 6) is 0. The smallest absolute Gasteiger partial charge is 0.0947 e. The van der Waals surface area contributed by atoms with Gasteiger partial charge in [-0.2, -0.15) is 0 Å². The Bertz CT molecular complexity index is 211. The summed E-state index contributed by atoms with van der Waals surface area (Å²) < 4.78 is 0.695. The molecule has 1 rings (SSSR count). The van der Waals surface area contributed by atoms with Crippen molar-refractivity contribution in [2.75, 3.05) is 0 Å². The molecule has 1 aromatic heterocycles. The van der Waals surface area contributed by atoms with Gasteiger partial charge >= 0.3 is 0 Å². The van der Waals surface area contributed by atoms with E-state index in [0.29, 0.717) is 15.9 Å². The SMILES string of the molecule is Cl.NCc1sc(Cl)cc1Cl. The van der Waals surface area contributed by atoms with Crippen molar-refractivity contribution in [2.24, 2.45) is 5.73 Å². The van der Waals surface area contributed by atoms with Crippen molar-refractivity contribution in [3.8, 4) is 0 Å². The highest BCUT2D eigenvalue weighted by Gasteiger charge is 2.01. The van der Waals surface area contributed by atoms with E-state index in [0.717, 1.165) is 4.88 Å². The molecule has 0 unspecified atom stereocenters. The predicted molar refractivity (Wildman–Crippen MR) is 49.5 cm³/mol. The van der Waals surface area contributed by atoms with Gasteiger partial charge in [0.05, 0.1) is 9.36 Å². The fourth-order valence-electron chi connectivity index (χ4n) is 0.515. The number of hydrogen-bond donors (Lipinski definition) is 1. The van der Waals surface area contributed by atoms with E-state index in [9.17, 15) is 0 Å². The summed E-state index contributed by atoms with van der Waals surface area (Å²) in [5.41, 5.74) is 5.33. The Morgan fingerprint density at radius 3 is 2.30 bits per heavy atom. The van der Waals surface area contributed by atoms with E-state index in [4.69, 9.17) is 28.9 Å². The highest BCUT2D eigenvalue weighted by atomic mass is 35.5. The van der Waals surface area contributed by atoms with E-state index >= 15 is 0 Å². The lowest BCUT2D eigenvalue weighted by atomic mass is 10.5. The third kappa shape index (κ3) is 2.29. The number of nitrogens with two attached hydrogens (primary N) is 1. The lowest BCUT2D eigenvalue weighted by Gasteiger charge is -1.85. The van der Waals surface area contributed by atoms with E-state index < -0.39 is 0 Å². The third-order valence-corrected chi connectivity index (χ3v) is 2.65. The van der Waals surface area contributed by atoms with Crippen LogP contribution in [-0.4, -0.2) is 0 Å². The van der Waals surface area contributed by atoms with Crippen LogP contribution in [0.15, 0.2) is 6.07 Å². The van der Waals surface area contributed by atoms with Crippen LogP contribution in [0.5, 0.6) is 0 Å². The third-order valence-electron chi connectivity index (χ3n) is 0.913. The van der Waals surface area contributed by atoms with Crippen molar-refractivity contribution < 1.29 is 0 Å². The van der Waals surface area contributed by atoms with E-state index in [1.54, 1.807) is 6.07 Å². The largest absolute Gasteiger partial charge is 0.326 e. The van der Waals surface area contributed by atoms with Gasteiger partial charge < -0.3 is 5.73 Å². The molecule has 0 spiro atoms. The molecule has 0 bridgehead atoms. The van der Waals surface area contributed by atoms with Crippen LogP contribution in [0, 0.1) is 0 Å². The first-order chi connectivity index (χ1) is 4.24. The molecule has 2 N–H and O–H groups in total. The zero-order chi connectivity index (χ0) is 6.85. The van der Waals surface area contributed by atoms with Crippen molar-refractivity contribution in [3.63, 3.8) is 0 Å².